The Balaban J connectivity index is 1.80. The topological polar surface area (TPSA) is 158 Å². The second-order valence-corrected chi connectivity index (χ2v) is 7.28. The minimum atomic E-state index is -0.935. The highest BCUT2D eigenvalue weighted by molar-refractivity contribution is 5.91. The number of ether oxygens (including phenoxy) is 2. The van der Waals surface area contributed by atoms with E-state index in [2.05, 4.69) is 15.3 Å². The molecule has 0 aliphatic rings. The molecule has 2 heterocycles. The Hall–Kier alpha value is -3.89. The number of carbonyl (C=O) groups is 3. The van der Waals surface area contributed by atoms with E-state index >= 15 is 0 Å². The molecule has 0 aliphatic carbocycles. The molecule has 0 saturated heterocycles. The Kier molecular flexibility index (Phi) is 10.6. The van der Waals surface area contributed by atoms with Crippen molar-refractivity contribution in [2.45, 2.75) is 52.1 Å². The van der Waals surface area contributed by atoms with Gasteiger partial charge in [-0.2, -0.15) is 0 Å². The summed E-state index contributed by atoms with van der Waals surface area (Å²) in [4.78, 5) is 54.4. The molecule has 1 atom stereocenters. The molecule has 1 amide bonds. The lowest BCUT2D eigenvalue weighted by atomic mass is 10.1. The van der Waals surface area contributed by atoms with Crippen LogP contribution in [0, 0.1) is 0 Å². The van der Waals surface area contributed by atoms with Crippen molar-refractivity contribution in [3.8, 4) is 0 Å². The molecule has 4 N–H and O–H groups in total. The van der Waals surface area contributed by atoms with Gasteiger partial charge in [0.1, 0.15) is 11.6 Å². The normalized spacial score (nSPS) is 12.3. The summed E-state index contributed by atoms with van der Waals surface area (Å²) in [6.07, 6.45) is 9.83. The van der Waals surface area contributed by atoms with Gasteiger partial charge in [0, 0.05) is 25.2 Å². The van der Waals surface area contributed by atoms with Gasteiger partial charge in [-0.3, -0.25) is 19.4 Å². The highest BCUT2D eigenvalue weighted by atomic mass is 16.5. The van der Waals surface area contributed by atoms with Gasteiger partial charge in [0.2, 0.25) is 11.9 Å². The second-order valence-electron chi connectivity index (χ2n) is 7.28. The summed E-state index contributed by atoms with van der Waals surface area (Å²) >= 11 is 0. The largest absolute Gasteiger partial charge is 0.466 e. The summed E-state index contributed by atoms with van der Waals surface area (Å²) in [5.74, 6) is -1.43. The maximum absolute atomic E-state index is 12.2. The van der Waals surface area contributed by atoms with E-state index < -0.39 is 23.9 Å². The molecular weight excluding hydrogens is 442 g/mol. The average Bonchev–Trinajstić information content (AvgIpc) is 3.19. The number of fused-ring (bicyclic) bond motifs is 1. The van der Waals surface area contributed by atoms with Crippen molar-refractivity contribution in [2.24, 2.45) is 0 Å². The number of esters is 2. The maximum atomic E-state index is 12.2. The third-order valence-electron chi connectivity index (χ3n) is 4.73. The first-order chi connectivity index (χ1) is 16.3. The molecular formula is C23H31N5O6. The number of nitrogens with two attached hydrogens (primary N) is 1. The molecule has 0 fully saturated rings. The molecule has 2 aromatic rings. The van der Waals surface area contributed by atoms with Gasteiger partial charge in [-0.05, 0) is 39.2 Å². The van der Waals surface area contributed by atoms with Crippen LogP contribution in [0.15, 0.2) is 41.4 Å². The van der Waals surface area contributed by atoms with Crippen LogP contribution in [0.3, 0.4) is 0 Å². The van der Waals surface area contributed by atoms with Gasteiger partial charge < -0.3 is 25.1 Å². The van der Waals surface area contributed by atoms with E-state index in [1.165, 1.54) is 6.08 Å². The molecule has 2 aromatic heterocycles. The Bertz CT molecular complexity index is 1100. The summed E-state index contributed by atoms with van der Waals surface area (Å²) in [7, 11) is 0. The van der Waals surface area contributed by atoms with Crippen molar-refractivity contribution in [1.29, 1.82) is 0 Å². The number of nitrogens with one attached hydrogen (secondary N) is 2. The van der Waals surface area contributed by atoms with E-state index in [1.807, 2.05) is 10.6 Å². The number of allylic oxidation sites excluding steroid dienone is 3. The van der Waals surface area contributed by atoms with Crippen LogP contribution in [-0.4, -0.2) is 51.6 Å². The van der Waals surface area contributed by atoms with Crippen LogP contribution < -0.4 is 16.6 Å². The lowest BCUT2D eigenvalue weighted by Crippen LogP contribution is -2.41. The van der Waals surface area contributed by atoms with Crippen molar-refractivity contribution < 1.29 is 23.9 Å². The Morgan fingerprint density at radius 3 is 2.74 bits per heavy atom. The van der Waals surface area contributed by atoms with Gasteiger partial charge in [-0.1, -0.05) is 18.2 Å². The maximum Gasteiger partial charge on any atom is 0.328 e. The first kappa shape index (κ1) is 26.4. The predicted octanol–water partition coefficient (Wildman–Crippen LogP) is 1.59. The van der Waals surface area contributed by atoms with Crippen LogP contribution in [0.2, 0.25) is 0 Å². The van der Waals surface area contributed by atoms with Crippen LogP contribution >= 0.6 is 0 Å². The van der Waals surface area contributed by atoms with Gasteiger partial charge in [0.05, 0.1) is 18.7 Å². The van der Waals surface area contributed by atoms with Crippen LogP contribution in [0.5, 0.6) is 0 Å². The number of rotatable bonds is 13. The average molecular weight is 474 g/mol. The SMILES string of the molecule is CCOC(=O)CC[C@H](NC(=O)C=CC=CCCCn1ccc2nc(N)[nH]c(=O)c21)C(=O)OCC. The van der Waals surface area contributed by atoms with Crippen LogP contribution in [0.1, 0.15) is 39.5 Å². The quantitative estimate of drug-likeness (QED) is 0.171. The van der Waals surface area contributed by atoms with Crippen molar-refractivity contribution in [1.82, 2.24) is 19.9 Å². The Morgan fingerprint density at radius 2 is 2.00 bits per heavy atom. The number of nitrogen functional groups attached to an aromatic ring is 1. The zero-order chi connectivity index (χ0) is 24.9. The van der Waals surface area contributed by atoms with Crippen molar-refractivity contribution >= 4 is 34.8 Å². The van der Waals surface area contributed by atoms with Gasteiger partial charge >= 0.3 is 11.9 Å². The predicted molar refractivity (Wildman–Crippen MR) is 127 cm³/mol. The first-order valence-corrected chi connectivity index (χ1v) is 11.2. The zero-order valence-corrected chi connectivity index (χ0v) is 19.4. The fourth-order valence-corrected chi connectivity index (χ4v) is 3.22. The van der Waals surface area contributed by atoms with Crippen molar-refractivity contribution in [2.75, 3.05) is 18.9 Å². The van der Waals surface area contributed by atoms with Gasteiger partial charge in [0.15, 0.2) is 0 Å². The van der Waals surface area contributed by atoms with Crippen molar-refractivity contribution in [3.05, 3.63) is 46.9 Å². The lowest BCUT2D eigenvalue weighted by molar-refractivity contribution is -0.148. The molecule has 2 rings (SSSR count). The monoisotopic (exact) mass is 473 g/mol. The standard InChI is InChI=1S/C23H31N5O6/c1-3-33-19(30)12-11-17(22(32)34-4-2)25-18(29)10-8-6-5-7-9-14-28-15-13-16-20(28)21(31)27-23(24)26-16/h5-6,8,10,13,15,17H,3-4,7,9,11-12,14H2,1-2H3,(H,25,29)(H3,24,26,27,31)/t17-/m0/s1. The number of carbonyl (C=O) groups excluding carboxylic acids is 3. The van der Waals surface area contributed by atoms with E-state index in [-0.39, 0.29) is 37.6 Å². The number of aryl methyl sites for hydroxylation is 1. The summed E-state index contributed by atoms with van der Waals surface area (Å²) < 4.78 is 11.6. The smallest absolute Gasteiger partial charge is 0.328 e. The number of anilines is 1. The number of H-pyrrole nitrogens is 1. The molecule has 0 aromatic carbocycles. The summed E-state index contributed by atoms with van der Waals surface area (Å²) in [5.41, 5.74) is 6.31. The number of unbranched alkanes of at least 4 members (excludes halogenated alkanes) is 1. The Morgan fingerprint density at radius 1 is 1.24 bits per heavy atom. The number of aromatic amines is 1. The van der Waals surface area contributed by atoms with Crippen LogP contribution in [-0.2, 0) is 30.4 Å². The summed E-state index contributed by atoms with van der Waals surface area (Å²) in [6.45, 7) is 4.39. The molecule has 0 unspecified atom stereocenters. The van der Waals surface area contributed by atoms with E-state index in [1.54, 1.807) is 38.3 Å². The van der Waals surface area contributed by atoms with Crippen LogP contribution in [0.25, 0.3) is 11.0 Å². The number of hydrogen-bond acceptors (Lipinski definition) is 8. The first-order valence-electron chi connectivity index (χ1n) is 11.2. The third kappa shape index (κ3) is 8.23. The number of aromatic nitrogens is 3. The van der Waals surface area contributed by atoms with E-state index in [9.17, 15) is 19.2 Å². The van der Waals surface area contributed by atoms with E-state index in [0.29, 0.717) is 17.6 Å². The fourth-order valence-electron chi connectivity index (χ4n) is 3.22. The molecule has 184 valence electrons. The summed E-state index contributed by atoms with van der Waals surface area (Å²) in [6, 6.07) is 0.809. The molecule has 11 heteroatoms. The second kappa shape index (κ2) is 13.6. The molecule has 0 saturated carbocycles. The molecule has 0 aliphatic heterocycles. The fraction of sp³-hybridized carbons (Fsp3) is 0.435. The van der Waals surface area contributed by atoms with Crippen LogP contribution in [0.4, 0.5) is 5.95 Å². The third-order valence-corrected chi connectivity index (χ3v) is 4.73. The van der Waals surface area contributed by atoms with Crippen molar-refractivity contribution in [3.63, 3.8) is 0 Å². The minimum Gasteiger partial charge on any atom is -0.466 e. The van der Waals surface area contributed by atoms with Gasteiger partial charge in [-0.15, -0.1) is 0 Å². The highest BCUT2D eigenvalue weighted by Crippen LogP contribution is 2.11. The van der Waals surface area contributed by atoms with E-state index in [0.717, 1.165) is 12.8 Å². The number of hydrogen-bond donors (Lipinski definition) is 3. The van der Waals surface area contributed by atoms with E-state index in [4.69, 9.17) is 15.2 Å². The summed E-state index contributed by atoms with van der Waals surface area (Å²) in [5, 5.41) is 2.55. The Labute approximate surface area is 197 Å². The molecule has 11 nitrogen and oxygen atoms in total. The number of nitrogens with zero attached hydrogens (tertiary/aromatic N) is 2. The molecule has 0 spiro atoms. The highest BCUT2D eigenvalue weighted by Gasteiger charge is 2.22. The molecule has 0 radical (unpaired) electrons. The molecule has 34 heavy (non-hydrogen) atoms. The minimum absolute atomic E-state index is 0.00673. The number of amides is 1. The zero-order valence-electron chi connectivity index (χ0n) is 19.4. The lowest BCUT2D eigenvalue weighted by Gasteiger charge is -2.15. The van der Waals surface area contributed by atoms with Gasteiger partial charge in [0.25, 0.3) is 5.56 Å². The van der Waals surface area contributed by atoms with Gasteiger partial charge in [-0.25, -0.2) is 9.78 Å². The molecule has 0 bridgehead atoms.